The minimum absolute atomic E-state index is 0.148. The predicted molar refractivity (Wildman–Crippen MR) is 97.1 cm³/mol. The van der Waals surface area contributed by atoms with Gasteiger partial charge in [0.25, 0.3) is 21.7 Å². The number of allylic oxidation sites excluding steroid dienone is 1. The molecular formula is C16H17N3O8S. The van der Waals surface area contributed by atoms with Gasteiger partial charge in [-0.3, -0.25) is 29.4 Å². The van der Waals surface area contributed by atoms with Crippen LogP contribution in [0.15, 0.2) is 40.5 Å². The number of likely N-dealkylation sites (tertiary alicyclic amines) is 1. The Bertz CT molecular complexity index is 978. The molecule has 28 heavy (non-hydrogen) atoms. The molecule has 1 aliphatic rings. The average molecular weight is 411 g/mol. The number of esters is 1. The third-order valence-corrected chi connectivity index (χ3v) is 4.98. The fraction of sp³-hybridized carbons (Fsp3) is 0.312. The molecule has 11 nitrogen and oxygen atoms in total. The van der Waals surface area contributed by atoms with Crippen molar-refractivity contribution in [3.63, 3.8) is 0 Å². The highest BCUT2D eigenvalue weighted by atomic mass is 32.2. The predicted octanol–water partition coefficient (Wildman–Crippen LogP) is 0.905. The van der Waals surface area contributed by atoms with Gasteiger partial charge in [0, 0.05) is 18.3 Å². The Hall–Kier alpha value is -3.12. The van der Waals surface area contributed by atoms with Gasteiger partial charge in [-0.15, -0.1) is 0 Å². The SMILES string of the molecule is COC(=O)C(=C(C)C)N1C(=O)[C@H](N=Cc2ccc([N+](=O)[O-])cc2)[C@H]1S(=O)(=O)O. The first kappa shape index (κ1) is 21.2. The molecule has 1 aliphatic heterocycles. The van der Waals surface area contributed by atoms with Crippen LogP contribution in [0.5, 0.6) is 0 Å². The lowest BCUT2D eigenvalue weighted by molar-refractivity contribution is -0.384. The summed E-state index contributed by atoms with van der Waals surface area (Å²) >= 11 is 0. The third kappa shape index (κ3) is 4.07. The summed E-state index contributed by atoms with van der Waals surface area (Å²) in [5.41, 5.74) is 0.245. The molecule has 1 amide bonds. The van der Waals surface area contributed by atoms with Gasteiger partial charge in [0.05, 0.1) is 12.0 Å². The number of ether oxygens (including phenoxy) is 1. The summed E-state index contributed by atoms with van der Waals surface area (Å²) in [6.45, 7) is 2.96. The van der Waals surface area contributed by atoms with Gasteiger partial charge in [-0.25, -0.2) is 4.79 Å². The van der Waals surface area contributed by atoms with Gasteiger partial charge in [-0.2, -0.15) is 8.42 Å². The first-order valence-electron chi connectivity index (χ1n) is 7.81. The topological polar surface area (TPSA) is 156 Å². The molecule has 12 heteroatoms. The number of nitro groups is 1. The van der Waals surface area contributed by atoms with Crippen LogP contribution in [-0.2, 0) is 24.4 Å². The first-order chi connectivity index (χ1) is 13.0. The van der Waals surface area contributed by atoms with Gasteiger partial charge in [-0.1, -0.05) is 0 Å². The second-order valence-corrected chi connectivity index (χ2v) is 7.54. The maximum atomic E-state index is 12.5. The van der Waals surface area contributed by atoms with E-state index in [2.05, 4.69) is 9.73 Å². The minimum Gasteiger partial charge on any atom is -0.464 e. The second kappa shape index (κ2) is 7.86. The maximum absolute atomic E-state index is 12.5. The van der Waals surface area contributed by atoms with Crippen LogP contribution >= 0.6 is 0 Å². The number of methoxy groups -OCH3 is 1. The summed E-state index contributed by atoms with van der Waals surface area (Å²) in [4.78, 5) is 39.0. The zero-order valence-corrected chi connectivity index (χ0v) is 15.9. The Kier molecular flexibility index (Phi) is 5.95. The van der Waals surface area contributed by atoms with Crippen molar-refractivity contribution in [1.29, 1.82) is 0 Å². The summed E-state index contributed by atoms with van der Waals surface area (Å²) in [6, 6.07) is 3.68. The Balaban J connectivity index is 2.35. The lowest BCUT2D eigenvalue weighted by Crippen LogP contribution is -2.67. The van der Waals surface area contributed by atoms with Crippen molar-refractivity contribution in [2.45, 2.75) is 25.3 Å². The normalized spacial score (nSPS) is 19.3. The van der Waals surface area contributed by atoms with Crippen molar-refractivity contribution in [3.05, 3.63) is 51.2 Å². The van der Waals surface area contributed by atoms with Crippen LogP contribution < -0.4 is 0 Å². The zero-order valence-electron chi connectivity index (χ0n) is 15.1. The first-order valence-corrected chi connectivity index (χ1v) is 9.32. The van der Waals surface area contributed by atoms with E-state index in [1.807, 2.05) is 0 Å². The fourth-order valence-corrected chi connectivity index (χ4v) is 3.60. The number of aliphatic imine (C=N–C) groups is 1. The van der Waals surface area contributed by atoms with E-state index in [-0.39, 0.29) is 11.4 Å². The molecule has 2 rings (SSSR count). The summed E-state index contributed by atoms with van der Waals surface area (Å²) in [6.07, 6.45) is 1.15. The Labute approximate surface area is 160 Å². The Morgan fingerprint density at radius 1 is 1.32 bits per heavy atom. The number of non-ortho nitro benzene ring substituents is 1. The van der Waals surface area contributed by atoms with Gasteiger partial charge in [-0.05, 0) is 37.1 Å². The van der Waals surface area contributed by atoms with E-state index in [9.17, 15) is 32.7 Å². The summed E-state index contributed by atoms with van der Waals surface area (Å²) in [5.74, 6) is -1.75. The van der Waals surface area contributed by atoms with Gasteiger partial charge in [0.2, 0.25) is 0 Å². The molecule has 0 bridgehead atoms. The largest absolute Gasteiger partial charge is 0.464 e. The second-order valence-electron chi connectivity index (χ2n) is 6.03. The van der Waals surface area contributed by atoms with Crippen molar-refractivity contribution in [1.82, 2.24) is 4.90 Å². The molecule has 0 saturated carbocycles. The van der Waals surface area contributed by atoms with Crippen LogP contribution in [-0.4, -0.2) is 59.4 Å². The van der Waals surface area contributed by atoms with Crippen LogP contribution in [0.25, 0.3) is 0 Å². The van der Waals surface area contributed by atoms with Gasteiger partial charge in [0.15, 0.2) is 11.4 Å². The molecule has 1 N–H and O–H groups in total. The smallest absolute Gasteiger partial charge is 0.354 e. The van der Waals surface area contributed by atoms with E-state index in [4.69, 9.17) is 0 Å². The van der Waals surface area contributed by atoms with Crippen LogP contribution in [0.1, 0.15) is 19.4 Å². The molecule has 150 valence electrons. The molecule has 1 aromatic carbocycles. The highest BCUT2D eigenvalue weighted by Gasteiger charge is 2.57. The van der Waals surface area contributed by atoms with Crippen molar-refractivity contribution in [2.75, 3.05) is 7.11 Å². The van der Waals surface area contributed by atoms with Gasteiger partial charge in [0.1, 0.15) is 5.70 Å². The van der Waals surface area contributed by atoms with E-state index in [1.54, 1.807) is 0 Å². The quantitative estimate of drug-likeness (QED) is 0.138. The highest BCUT2D eigenvalue weighted by molar-refractivity contribution is 7.86. The standard InChI is InChI=1S/C16H17N3O8S/c1-9(2)13(16(21)27-3)18-14(20)12(15(18)28(24,25)26)17-8-10-4-6-11(7-5-10)19(22)23/h4-8,12,15H,1-3H3,(H,24,25,26)/t12-,15+/m0/s1. The molecule has 1 aromatic rings. The molecule has 1 heterocycles. The van der Waals surface area contributed by atoms with E-state index < -0.39 is 38.3 Å². The Morgan fingerprint density at radius 2 is 1.89 bits per heavy atom. The van der Waals surface area contributed by atoms with Crippen molar-refractivity contribution in [2.24, 2.45) is 4.99 Å². The number of nitro benzene ring substituents is 1. The molecule has 1 fully saturated rings. The number of carbonyl (C=O) groups excluding carboxylic acids is 2. The molecule has 0 aromatic heterocycles. The van der Waals surface area contributed by atoms with Crippen LogP contribution in [0, 0.1) is 10.1 Å². The van der Waals surface area contributed by atoms with Crippen molar-refractivity contribution < 1.29 is 32.2 Å². The van der Waals surface area contributed by atoms with Crippen LogP contribution in [0.4, 0.5) is 5.69 Å². The number of rotatable bonds is 6. The molecular weight excluding hydrogens is 394 g/mol. The number of β-lactam (4-membered cyclic amide) rings is 1. The highest BCUT2D eigenvalue weighted by Crippen LogP contribution is 2.33. The molecule has 2 atom stereocenters. The molecule has 0 unspecified atom stereocenters. The lowest BCUT2D eigenvalue weighted by Gasteiger charge is -2.43. The van der Waals surface area contributed by atoms with E-state index in [0.717, 1.165) is 13.3 Å². The van der Waals surface area contributed by atoms with Crippen molar-refractivity contribution >= 4 is 33.9 Å². The molecule has 0 aliphatic carbocycles. The number of amides is 1. The minimum atomic E-state index is -4.78. The van der Waals surface area contributed by atoms with Crippen LogP contribution in [0.3, 0.4) is 0 Å². The van der Waals surface area contributed by atoms with E-state index in [1.165, 1.54) is 38.1 Å². The van der Waals surface area contributed by atoms with Crippen molar-refractivity contribution in [3.8, 4) is 0 Å². The average Bonchev–Trinajstić information content (AvgIpc) is 2.61. The third-order valence-electron chi connectivity index (χ3n) is 3.90. The summed E-state index contributed by atoms with van der Waals surface area (Å²) in [7, 11) is -3.71. The maximum Gasteiger partial charge on any atom is 0.354 e. The van der Waals surface area contributed by atoms with E-state index in [0.29, 0.717) is 16.0 Å². The number of nitrogens with zero attached hydrogens (tertiary/aromatic N) is 3. The lowest BCUT2D eigenvalue weighted by atomic mass is 10.0. The molecule has 1 saturated heterocycles. The number of hydrogen-bond acceptors (Lipinski definition) is 8. The molecule has 0 radical (unpaired) electrons. The number of benzene rings is 1. The fourth-order valence-electron chi connectivity index (χ4n) is 2.61. The van der Waals surface area contributed by atoms with Gasteiger partial charge < -0.3 is 4.74 Å². The van der Waals surface area contributed by atoms with Gasteiger partial charge >= 0.3 is 5.97 Å². The van der Waals surface area contributed by atoms with Crippen LogP contribution in [0.2, 0.25) is 0 Å². The monoisotopic (exact) mass is 411 g/mol. The van der Waals surface area contributed by atoms with E-state index >= 15 is 0 Å². The zero-order chi connectivity index (χ0) is 21.2. The molecule has 0 spiro atoms. The summed E-state index contributed by atoms with van der Waals surface area (Å²) < 4.78 is 37.7. The summed E-state index contributed by atoms with van der Waals surface area (Å²) in [5, 5.41) is 8.86. The number of carbonyl (C=O) groups is 2. The Morgan fingerprint density at radius 3 is 2.32 bits per heavy atom. The number of hydrogen-bond donors (Lipinski definition) is 1.